The van der Waals surface area contributed by atoms with E-state index in [9.17, 15) is 4.79 Å². The number of esters is 1. The molecule has 5 atom stereocenters. The van der Waals surface area contributed by atoms with Crippen molar-refractivity contribution >= 4 is 63.9 Å². The molecule has 0 radical (unpaired) electrons. The molecule has 1 aliphatic rings. The maximum atomic E-state index is 11.5. The highest BCUT2D eigenvalue weighted by Crippen LogP contribution is 2.45. The first-order valence-corrected chi connectivity index (χ1v) is 13.1. The van der Waals surface area contributed by atoms with Gasteiger partial charge in [-0.05, 0) is 18.2 Å². The van der Waals surface area contributed by atoms with Gasteiger partial charge in [0.15, 0.2) is 4.47 Å². The second-order valence-electron chi connectivity index (χ2n) is 7.82. The Labute approximate surface area is 214 Å². The standard InChI is InChI=1S/C21H21Cl3N4O3S2/c1-10-18(8-30-12(3)29)31-20(33-13-4-5-14(22)15(23)6-13)11(2)19(10)28-7-16(26-27-28)17-9-32-21(24)25-17/h4-7,9-11,18-20H,8H2,1-3H3/t10-,11?,18?,19-,20+/m0/s1. The molecule has 1 saturated heterocycles. The van der Waals surface area contributed by atoms with Crippen molar-refractivity contribution in [2.24, 2.45) is 11.8 Å². The molecule has 3 heterocycles. The number of hydrogen-bond acceptors (Lipinski definition) is 8. The SMILES string of the molecule is CC(=O)OCC1O[C@H](Sc2ccc(Cl)c(Cl)c2)C(C)[C@@H](n2cc(-c3csc(Cl)n3)nn2)[C@H]1C. The van der Waals surface area contributed by atoms with Gasteiger partial charge in [-0.2, -0.15) is 0 Å². The minimum Gasteiger partial charge on any atom is -0.463 e. The zero-order chi connectivity index (χ0) is 23.7. The smallest absolute Gasteiger partial charge is 0.302 e. The Morgan fingerprint density at radius 3 is 2.67 bits per heavy atom. The molecule has 0 spiro atoms. The summed E-state index contributed by atoms with van der Waals surface area (Å²) in [6, 6.07) is 5.43. The predicted octanol–water partition coefficient (Wildman–Crippen LogP) is 6.26. The van der Waals surface area contributed by atoms with E-state index in [1.54, 1.807) is 17.8 Å². The van der Waals surface area contributed by atoms with Crippen LogP contribution in [-0.2, 0) is 14.3 Å². The lowest BCUT2D eigenvalue weighted by Gasteiger charge is -2.44. The minimum absolute atomic E-state index is 0.00132. The zero-order valence-electron chi connectivity index (χ0n) is 17.9. The molecule has 1 fully saturated rings. The topological polar surface area (TPSA) is 79.1 Å². The molecule has 0 N–H and O–H groups in total. The number of rotatable bonds is 6. The van der Waals surface area contributed by atoms with E-state index in [-0.39, 0.29) is 42.0 Å². The fourth-order valence-corrected chi connectivity index (χ4v) is 6.18. The number of aromatic nitrogens is 4. The third kappa shape index (κ3) is 5.66. The lowest BCUT2D eigenvalue weighted by molar-refractivity contribution is -0.156. The Bertz CT molecular complexity index is 1140. The Morgan fingerprint density at radius 1 is 1.21 bits per heavy atom. The first kappa shape index (κ1) is 24.8. The van der Waals surface area contributed by atoms with Gasteiger partial charge in [-0.3, -0.25) is 4.79 Å². The maximum Gasteiger partial charge on any atom is 0.302 e. The van der Waals surface area contributed by atoms with Crippen molar-refractivity contribution < 1.29 is 14.3 Å². The lowest BCUT2D eigenvalue weighted by Crippen LogP contribution is -2.47. The van der Waals surface area contributed by atoms with Gasteiger partial charge in [0.2, 0.25) is 0 Å². The third-order valence-electron chi connectivity index (χ3n) is 5.55. The molecule has 4 rings (SSSR count). The van der Waals surface area contributed by atoms with Crippen LogP contribution >= 0.6 is 57.9 Å². The number of thioether (sulfide) groups is 1. The highest BCUT2D eigenvalue weighted by molar-refractivity contribution is 7.99. The van der Waals surface area contributed by atoms with Crippen molar-refractivity contribution in [2.45, 2.75) is 43.2 Å². The third-order valence-corrected chi connectivity index (χ3v) is 8.57. The fourth-order valence-electron chi connectivity index (χ4n) is 3.88. The number of benzene rings is 1. The maximum absolute atomic E-state index is 11.5. The van der Waals surface area contributed by atoms with Crippen LogP contribution in [-0.4, -0.2) is 44.1 Å². The average molecular weight is 548 g/mol. The van der Waals surface area contributed by atoms with Crippen LogP contribution in [0.2, 0.25) is 14.5 Å². The van der Waals surface area contributed by atoms with Crippen molar-refractivity contribution in [3.8, 4) is 11.4 Å². The summed E-state index contributed by atoms with van der Waals surface area (Å²) in [5, 5.41) is 11.5. The summed E-state index contributed by atoms with van der Waals surface area (Å²) in [5.74, 6) is -0.307. The number of ether oxygens (including phenoxy) is 2. The molecule has 0 saturated carbocycles. The van der Waals surface area contributed by atoms with Gasteiger partial charge >= 0.3 is 5.97 Å². The molecule has 0 bridgehead atoms. The summed E-state index contributed by atoms with van der Waals surface area (Å²) in [7, 11) is 0. The Balaban J connectivity index is 1.62. The largest absolute Gasteiger partial charge is 0.463 e. The van der Waals surface area contributed by atoms with Gasteiger partial charge in [0.1, 0.15) is 23.4 Å². The van der Waals surface area contributed by atoms with E-state index in [4.69, 9.17) is 44.3 Å². The molecule has 12 heteroatoms. The zero-order valence-corrected chi connectivity index (χ0v) is 21.8. The molecule has 176 valence electrons. The number of thiazole rings is 1. The summed E-state index contributed by atoms with van der Waals surface area (Å²) in [6.45, 7) is 5.72. The summed E-state index contributed by atoms with van der Waals surface area (Å²) in [4.78, 5) is 16.7. The summed E-state index contributed by atoms with van der Waals surface area (Å²) in [6.07, 6.45) is 1.55. The van der Waals surface area contributed by atoms with Crippen LogP contribution < -0.4 is 0 Å². The van der Waals surface area contributed by atoms with Crippen LogP contribution in [0.4, 0.5) is 0 Å². The Hall–Kier alpha value is -1.36. The van der Waals surface area contributed by atoms with Crippen LogP contribution in [0, 0.1) is 11.8 Å². The molecule has 1 aliphatic heterocycles. The van der Waals surface area contributed by atoms with Crippen molar-refractivity contribution in [3.63, 3.8) is 0 Å². The Morgan fingerprint density at radius 2 is 2.00 bits per heavy atom. The Kier molecular flexibility index (Phi) is 7.87. The van der Waals surface area contributed by atoms with Gasteiger partial charge in [0.25, 0.3) is 0 Å². The van der Waals surface area contributed by atoms with Crippen LogP contribution in [0.15, 0.2) is 34.7 Å². The van der Waals surface area contributed by atoms with E-state index in [0.29, 0.717) is 25.9 Å². The van der Waals surface area contributed by atoms with Gasteiger partial charge in [-0.1, -0.05) is 65.6 Å². The van der Waals surface area contributed by atoms with E-state index >= 15 is 0 Å². The van der Waals surface area contributed by atoms with Gasteiger partial charge in [-0.25, -0.2) is 9.67 Å². The molecule has 33 heavy (non-hydrogen) atoms. The molecule has 3 aromatic rings. The van der Waals surface area contributed by atoms with Crippen molar-refractivity contribution in [2.75, 3.05) is 6.61 Å². The van der Waals surface area contributed by atoms with E-state index in [0.717, 1.165) is 4.90 Å². The van der Waals surface area contributed by atoms with Crippen LogP contribution in [0.25, 0.3) is 11.4 Å². The first-order chi connectivity index (χ1) is 15.7. The predicted molar refractivity (Wildman–Crippen MR) is 131 cm³/mol. The van der Waals surface area contributed by atoms with Crippen molar-refractivity contribution in [1.82, 2.24) is 20.0 Å². The normalized spacial score (nSPS) is 25.2. The van der Waals surface area contributed by atoms with Crippen molar-refractivity contribution in [3.05, 3.63) is 44.3 Å². The number of hydrogen-bond donors (Lipinski definition) is 0. The fraction of sp³-hybridized carbons (Fsp3) is 0.429. The van der Waals surface area contributed by atoms with Crippen LogP contribution in [0.5, 0.6) is 0 Å². The van der Waals surface area contributed by atoms with Gasteiger partial charge in [0.05, 0.1) is 28.4 Å². The highest BCUT2D eigenvalue weighted by atomic mass is 35.5. The second-order valence-corrected chi connectivity index (χ2v) is 11.2. The molecule has 1 aromatic carbocycles. The molecule has 0 aliphatic carbocycles. The summed E-state index contributed by atoms with van der Waals surface area (Å²) < 4.78 is 14.0. The van der Waals surface area contributed by atoms with Crippen LogP contribution in [0.1, 0.15) is 26.8 Å². The second kappa shape index (κ2) is 10.5. The molecule has 7 nitrogen and oxygen atoms in total. The van der Waals surface area contributed by atoms with Crippen LogP contribution in [0.3, 0.4) is 0 Å². The summed E-state index contributed by atoms with van der Waals surface area (Å²) >= 11 is 21.2. The van der Waals surface area contributed by atoms with E-state index < -0.39 is 0 Å². The molecule has 0 amide bonds. The number of carbonyl (C=O) groups excluding carboxylic acids is 1. The van der Waals surface area contributed by atoms with Gasteiger partial charge in [-0.15, -0.1) is 16.4 Å². The molecular weight excluding hydrogens is 527 g/mol. The van der Waals surface area contributed by atoms with E-state index in [1.165, 1.54) is 18.3 Å². The summed E-state index contributed by atoms with van der Waals surface area (Å²) in [5.41, 5.74) is 1.08. The van der Waals surface area contributed by atoms with E-state index in [1.807, 2.05) is 28.4 Å². The molecule has 2 unspecified atom stereocenters. The molecular formula is C21H21Cl3N4O3S2. The number of carbonyl (C=O) groups is 1. The van der Waals surface area contributed by atoms with E-state index in [2.05, 4.69) is 29.1 Å². The van der Waals surface area contributed by atoms with Crippen molar-refractivity contribution in [1.29, 1.82) is 0 Å². The van der Waals surface area contributed by atoms with Gasteiger partial charge < -0.3 is 9.47 Å². The van der Waals surface area contributed by atoms with Gasteiger partial charge in [0, 0.05) is 29.0 Å². The number of halogens is 3. The minimum atomic E-state index is -0.349. The lowest BCUT2D eigenvalue weighted by atomic mass is 9.84. The highest BCUT2D eigenvalue weighted by Gasteiger charge is 2.44. The monoisotopic (exact) mass is 546 g/mol. The average Bonchev–Trinajstić information content (AvgIpc) is 3.41. The molecule has 2 aromatic heterocycles. The first-order valence-electron chi connectivity index (χ1n) is 10.2. The number of nitrogens with zero attached hydrogens (tertiary/aromatic N) is 4. The quantitative estimate of drug-likeness (QED) is 0.337.